The Hall–Kier alpha value is -8.29. The molecule has 0 saturated heterocycles. The van der Waals surface area contributed by atoms with Crippen LogP contribution in [-0.2, 0) is 33.4 Å². The van der Waals surface area contributed by atoms with Crippen LogP contribution in [0.4, 0.5) is 4.79 Å². The van der Waals surface area contributed by atoms with E-state index in [1.165, 1.54) is 23.5 Å². The highest BCUT2D eigenvalue weighted by molar-refractivity contribution is 8.01. The van der Waals surface area contributed by atoms with E-state index in [2.05, 4.69) is 88.7 Å². The van der Waals surface area contributed by atoms with Gasteiger partial charge in [0.15, 0.2) is 6.10 Å². The molecule has 0 aliphatic heterocycles. The molecule has 9 aromatic rings. The predicted octanol–water partition coefficient (Wildman–Crippen LogP) is 12.7. The summed E-state index contributed by atoms with van der Waals surface area (Å²) in [4.78, 5) is 58.7. The Morgan fingerprint density at radius 2 is 0.580 bits per heavy atom. The minimum Gasteiger partial charge on any atom is -0.435 e. The van der Waals surface area contributed by atoms with E-state index in [-0.39, 0.29) is 17.3 Å². The molecule has 0 aromatic heterocycles. The molecule has 0 radical (unpaired) electrons. The first-order valence-electron chi connectivity index (χ1n) is 26.9. The van der Waals surface area contributed by atoms with Crippen LogP contribution in [-0.4, -0.2) is 65.8 Å². The van der Waals surface area contributed by atoms with Crippen molar-refractivity contribution in [2.45, 2.75) is 39.4 Å². The molecular formula is C69H64N4O5S3. The summed E-state index contributed by atoms with van der Waals surface area (Å²) in [6.45, 7) is 2.14. The zero-order valence-corrected chi connectivity index (χ0v) is 47.3. The van der Waals surface area contributed by atoms with Gasteiger partial charge in [0, 0.05) is 23.8 Å². The Bertz CT molecular complexity index is 3120. The zero-order valence-electron chi connectivity index (χ0n) is 44.9. The average molecular weight is 1130 g/mol. The third-order valence-corrected chi connectivity index (χ3v) is 19.1. The van der Waals surface area contributed by atoms with Gasteiger partial charge < -0.3 is 26.4 Å². The molecule has 9 rings (SSSR count). The number of nitrogens with one attached hydrogen (secondary N) is 3. The SMILES string of the molecule is CCNC(=O)[C@H](CSC(c1ccccc1)(c1ccccc1)c1ccccc1)NC(=O)[C@H](CSC(c1ccccc1)(c1ccccc1)c1ccccc1)NC(=O)[C@H](CSC(c1ccccc1)(c1ccccc1)c1ccccc1)OC(N)=O. The lowest BCUT2D eigenvalue weighted by Crippen LogP contribution is -2.57. The van der Waals surface area contributed by atoms with E-state index in [1.807, 2.05) is 207 Å². The van der Waals surface area contributed by atoms with Gasteiger partial charge in [0.25, 0.3) is 5.91 Å². The van der Waals surface area contributed by atoms with Crippen molar-refractivity contribution in [2.75, 3.05) is 23.8 Å². The predicted molar refractivity (Wildman–Crippen MR) is 332 cm³/mol. The van der Waals surface area contributed by atoms with Gasteiger partial charge in [-0.05, 0) is 57.0 Å². The fraction of sp³-hybridized carbons (Fsp3) is 0.159. The maximum Gasteiger partial charge on any atom is 0.405 e. The lowest BCUT2D eigenvalue weighted by atomic mass is 9.84. The molecule has 0 heterocycles. The highest BCUT2D eigenvalue weighted by Crippen LogP contribution is 2.51. The monoisotopic (exact) mass is 1120 g/mol. The topological polar surface area (TPSA) is 140 Å². The first kappa shape index (κ1) is 57.4. The van der Waals surface area contributed by atoms with Crippen LogP contribution in [0.25, 0.3) is 0 Å². The van der Waals surface area contributed by atoms with Gasteiger partial charge in [-0.2, -0.15) is 0 Å². The van der Waals surface area contributed by atoms with Crippen molar-refractivity contribution in [2.24, 2.45) is 5.73 Å². The number of hydrogen-bond acceptors (Lipinski definition) is 8. The van der Waals surface area contributed by atoms with E-state index in [9.17, 15) is 9.59 Å². The van der Waals surface area contributed by atoms with Gasteiger partial charge in [-0.3, -0.25) is 14.4 Å². The number of thioether (sulfide) groups is 3. The first-order chi connectivity index (χ1) is 39.7. The summed E-state index contributed by atoms with van der Waals surface area (Å²) >= 11 is 4.44. The maximum atomic E-state index is 15.7. The van der Waals surface area contributed by atoms with Gasteiger partial charge in [0.1, 0.15) is 12.1 Å². The molecule has 81 heavy (non-hydrogen) atoms. The summed E-state index contributed by atoms with van der Waals surface area (Å²) in [6, 6.07) is 88.2. The minimum atomic E-state index is -1.48. The average Bonchev–Trinajstić information content (AvgIpc) is 3.71. The lowest BCUT2D eigenvalue weighted by molar-refractivity contribution is -0.134. The summed E-state index contributed by atoms with van der Waals surface area (Å²) in [5, 5.41) is 9.21. The quantitative estimate of drug-likeness (QED) is 0.0415. The molecule has 9 nitrogen and oxygen atoms in total. The van der Waals surface area contributed by atoms with Crippen LogP contribution in [0.15, 0.2) is 273 Å². The van der Waals surface area contributed by atoms with E-state index in [4.69, 9.17) is 10.5 Å². The Balaban J connectivity index is 1.12. The number of hydrogen-bond donors (Lipinski definition) is 4. The third-order valence-electron chi connectivity index (χ3n) is 14.2. The molecule has 0 saturated carbocycles. The molecule has 5 N–H and O–H groups in total. The molecule has 0 fully saturated rings. The molecule has 12 heteroatoms. The number of likely N-dealkylation sites (N-methyl/N-ethyl adjacent to an activating group) is 1. The smallest absolute Gasteiger partial charge is 0.405 e. The lowest BCUT2D eigenvalue weighted by Gasteiger charge is -2.37. The van der Waals surface area contributed by atoms with Gasteiger partial charge in [-0.15, -0.1) is 35.3 Å². The van der Waals surface area contributed by atoms with Crippen molar-refractivity contribution < 1.29 is 23.9 Å². The molecule has 0 aliphatic rings. The molecule has 4 amide bonds. The molecular weight excluding hydrogens is 1060 g/mol. The van der Waals surface area contributed by atoms with Crippen LogP contribution in [0.1, 0.15) is 57.0 Å². The molecule has 0 unspecified atom stereocenters. The Labute approximate surface area is 487 Å². The second-order valence-electron chi connectivity index (χ2n) is 19.2. The molecule has 3 atom stereocenters. The van der Waals surface area contributed by atoms with E-state index in [0.29, 0.717) is 6.54 Å². The van der Waals surface area contributed by atoms with Gasteiger partial charge >= 0.3 is 6.09 Å². The molecule has 9 aromatic carbocycles. The van der Waals surface area contributed by atoms with Crippen molar-refractivity contribution in [3.63, 3.8) is 0 Å². The van der Waals surface area contributed by atoms with Crippen LogP contribution < -0.4 is 21.7 Å². The minimum absolute atomic E-state index is 0.00802. The number of amides is 4. The van der Waals surface area contributed by atoms with Crippen LogP contribution in [0.5, 0.6) is 0 Å². The number of benzene rings is 9. The fourth-order valence-corrected chi connectivity index (χ4v) is 15.1. The second-order valence-corrected chi connectivity index (χ2v) is 22.9. The number of rotatable bonds is 25. The standard InChI is InChI=1S/C69H64N4O5S3/c1-2-71-63(74)60(48-79-67(51-30-12-3-13-31-51,52-32-14-4-15-33-52)53-34-16-5-17-35-53)72-64(75)61(49-80-68(54-36-18-6-19-37-54,55-38-20-7-21-39-55)56-40-22-8-23-41-56)73-65(76)62(78-66(70)77)50-81-69(57-42-24-9-25-43-57,58-44-26-10-27-45-58)59-46-28-11-29-47-59/h3-47,60-62H,2,48-50H2,1H3,(H2,70,77)(H,71,74)(H,72,75)(H,73,76)/t60-,61-,62-/m0/s1. The highest BCUT2D eigenvalue weighted by atomic mass is 32.2. The number of ether oxygens (including phenoxy) is 1. The molecule has 0 aliphatic carbocycles. The summed E-state index contributed by atoms with van der Waals surface area (Å²) in [6.07, 6.45) is -2.64. The number of primary amides is 1. The summed E-state index contributed by atoms with van der Waals surface area (Å²) in [7, 11) is 0. The summed E-state index contributed by atoms with van der Waals surface area (Å²) in [5.41, 5.74) is 14.4. The van der Waals surface area contributed by atoms with Crippen molar-refractivity contribution in [1.82, 2.24) is 16.0 Å². The largest absolute Gasteiger partial charge is 0.435 e. The van der Waals surface area contributed by atoms with Crippen molar-refractivity contribution >= 4 is 59.1 Å². The normalized spacial score (nSPS) is 12.7. The Morgan fingerprint density at radius 3 is 0.815 bits per heavy atom. The van der Waals surface area contributed by atoms with Gasteiger partial charge in [-0.1, -0.05) is 273 Å². The van der Waals surface area contributed by atoms with E-state index in [0.717, 1.165) is 50.1 Å². The van der Waals surface area contributed by atoms with Gasteiger partial charge in [0.2, 0.25) is 11.8 Å². The van der Waals surface area contributed by atoms with Crippen LogP contribution in [0, 0.1) is 0 Å². The Kier molecular flexibility index (Phi) is 19.6. The Morgan fingerprint density at radius 1 is 0.358 bits per heavy atom. The molecule has 0 bridgehead atoms. The highest BCUT2D eigenvalue weighted by Gasteiger charge is 2.43. The van der Waals surface area contributed by atoms with Crippen molar-refractivity contribution in [1.29, 1.82) is 0 Å². The summed E-state index contributed by atoms with van der Waals surface area (Å²) in [5.74, 6) is -1.71. The maximum absolute atomic E-state index is 15.7. The number of nitrogens with two attached hydrogens (primary N) is 1. The first-order valence-corrected chi connectivity index (χ1v) is 29.9. The van der Waals surface area contributed by atoms with Crippen molar-refractivity contribution in [3.8, 4) is 0 Å². The van der Waals surface area contributed by atoms with E-state index < -0.39 is 56.2 Å². The second kappa shape index (κ2) is 27.7. The van der Waals surface area contributed by atoms with Crippen LogP contribution in [0.2, 0.25) is 0 Å². The fourth-order valence-electron chi connectivity index (χ4n) is 10.4. The van der Waals surface area contributed by atoms with E-state index in [1.54, 1.807) is 11.8 Å². The third kappa shape index (κ3) is 13.2. The van der Waals surface area contributed by atoms with E-state index >= 15 is 9.59 Å². The number of carbonyl (C=O) groups is 4. The molecule has 408 valence electrons. The van der Waals surface area contributed by atoms with Gasteiger partial charge in [-0.25, -0.2) is 4.79 Å². The van der Waals surface area contributed by atoms with Crippen molar-refractivity contribution in [3.05, 3.63) is 323 Å². The van der Waals surface area contributed by atoms with Crippen LogP contribution >= 0.6 is 35.3 Å². The zero-order chi connectivity index (χ0) is 56.3. The summed E-state index contributed by atoms with van der Waals surface area (Å²) < 4.78 is 3.16. The molecule has 0 spiro atoms. The van der Waals surface area contributed by atoms with Crippen LogP contribution in [0.3, 0.4) is 0 Å². The van der Waals surface area contributed by atoms with Gasteiger partial charge in [0.05, 0.1) is 14.2 Å². The number of carbonyl (C=O) groups excluding carboxylic acids is 4.